The van der Waals surface area contributed by atoms with Crippen molar-refractivity contribution in [2.24, 2.45) is 5.92 Å². The van der Waals surface area contributed by atoms with Crippen LogP contribution in [-0.4, -0.2) is 45.3 Å². The van der Waals surface area contributed by atoms with E-state index >= 15 is 0 Å². The highest BCUT2D eigenvalue weighted by Crippen LogP contribution is 2.44. The van der Waals surface area contributed by atoms with E-state index in [-0.39, 0.29) is 5.41 Å². The van der Waals surface area contributed by atoms with Gasteiger partial charge in [-0.1, -0.05) is 12.1 Å². The van der Waals surface area contributed by atoms with Crippen LogP contribution in [0.15, 0.2) is 24.3 Å². The predicted octanol–water partition coefficient (Wildman–Crippen LogP) is 2.34. The largest absolute Gasteiger partial charge is 0.388 e. The number of hydrogen-bond acceptors (Lipinski definition) is 3. The zero-order chi connectivity index (χ0) is 13.3. The Balaban J connectivity index is 1.85. The molecule has 2 fully saturated rings. The third-order valence-electron chi connectivity index (χ3n) is 4.95. The van der Waals surface area contributed by atoms with Gasteiger partial charge in [0.05, 0.1) is 13.2 Å². The molecular weight excluding hydrogens is 236 g/mol. The van der Waals surface area contributed by atoms with Gasteiger partial charge in [-0.2, -0.15) is 0 Å². The highest BCUT2D eigenvalue weighted by atomic mass is 16.5. The lowest BCUT2D eigenvalue weighted by molar-refractivity contribution is -0.101. The Labute approximate surface area is 115 Å². The Hall–Kier alpha value is -1.06. The third-order valence-corrected chi connectivity index (χ3v) is 4.95. The zero-order valence-electron chi connectivity index (χ0n) is 12.0. The molecule has 1 aromatic rings. The van der Waals surface area contributed by atoms with Crippen LogP contribution in [0, 0.1) is 5.92 Å². The lowest BCUT2D eigenvalue weighted by Gasteiger charge is -2.50. The quantitative estimate of drug-likeness (QED) is 0.903. The summed E-state index contributed by atoms with van der Waals surface area (Å²) in [7, 11) is 4.21. The number of nitrogens with one attached hydrogen (secondary N) is 1. The number of rotatable bonds is 3. The Kier molecular flexibility index (Phi) is 3.50. The van der Waals surface area contributed by atoms with E-state index in [1.807, 2.05) is 7.05 Å². The summed E-state index contributed by atoms with van der Waals surface area (Å²) >= 11 is 0. The van der Waals surface area contributed by atoms with E-state index in [0.29, 0.717) is 0 Å². The van der Waals surface area contributed by atoms with E-state index in [4.69, 9.17) is 4.74 Å². The molecule has 2 aliphatic heterocycles. The molecule has 19 heavy (non-hydrogen) atoms. The van der Waals surface area contributed by atoms with E-state index in [0.717, 1.165) is 19.1 Å². The molecule has 3 nitrogen and oxygen atoms in total. The Morgan fingerprint density at radius 1 is 1.26 bits per heavy atom. The molecule has 0 atom stereocenters. The number of piperidine rings is 1. The van der Waals surface area contributed by atoms with Gasteiger partial charge >= 0.3 is 0 Å². The van der Waals surface area contributed by atoms with Crippen molar-refractivity contribution in [3.05, 3.63) is 29.8 Å². The second-order valence-electron chi connectivity index (χ2n) is 6.06. The van der Waals surface area contributed by atoms with Crippen LogP contribution in [0.1, 0.15) is 18.4 Å². The molecule has 2 aliphatic rings. The standard InChI is InChI=1S/C16H24N2O/c1-17-15-5-3-4-14(10-15)16(11-19-12-16)13-6-8-18(2)9-7-13/h3-5,10,13,17H,6-9,11-12H2,1-2H3. The van der Waals surface area contributed by atoms with Crippen molar-refractivity contribution in [3.8, 4) is 0 Å². The molecule has 0 unspecified atom stereocenters. The normalized spacial score (nSPS) is 23.9. The maximum atomic E-state index is 5.61. The van der Waals surface area contributed by atoms with Gasteiger partial charge in [0, 0.05) is 18.2 Å². The Morgan fingerprint density at radius 2 is 2.00 bits per heavy atom. The van der Waals surface area contributed by atoms with Crippen LogP contribution >= 0.6 is 0 Å². The van der Waals surface area contributed by atoms with Crippen molar-refractivity contribution in [2.45, 2.75) is 18.3 Å². The number of ether oxygens (including phenoxy) is 1. The van der Waals surface area contributed by atoms with Gasteiger partial charge in [0.25, 0.3) is 0 Å². The molecule has 0 aliphatic carbocycles. The molecule has 0 saturated carbocycles. The van der Waals surface area contributed by atoms with Crippen molar-refractivity contribution < 1.29 is 4.74 Å². The van der Waals surface area contributed by atoms with Crippen LogP contribution in [0.3, 0.4) is 0 Å². The fourth-order valence-corrected chi connectivity index (χ4v) is 3.51. The summed E-state index contributed by atoms with van der Waals surface area (Å²) in [5.41, 5.74) is 2.94. The number of benzene rings is 1. The average molecular weight is 260 g/mol. The summed E-state index contributed by atoms with van der Waals surface area (Å²) in [6.45, 7) is 4.24. The fraction of sp³-hybridized carbons (Fsp3) is 0.625. The first-order valence-electron chi connectivity index (χ1n) is 7.29. The van der Waals surface area contributed by atoms with Crippen LogP contribution in [0.2, 0.25) is 0 Å². The molecule has 1 N–H and O–H groups in total. The van der Waals surface area contributed by atoms with Crippen LogP contribution in [0.5, 0.6) is 0 Å². The number of likely N-dealkylation sites (tertiary alicyclic amines) is 1. The van der Waals surface area contributed by atoms with Crippen LogP contribution in [0.25, 0.3) is 0 Å². The summed E-state index contributed by atoms with van der Waals surface area (Å²) in [6.07, 6.45) is 2.59. The Bertz CT molecular complexity index is 434. The molecule has 104 valence electrons. The summed E-state index contributed by atoms with van der Waals surface area (Å²) in [5.74, 6) is 0.768. The molecule has 0 bridgehead atoms. The van der Waals surface area contributed by atoms with Crippen LogP contribution < -0.4 is 5.32 Å². The second kappa shape index (κ2) is 5.14. The average Bonchev–Trinajstić information content (AvgIpc) is 2.40. The molecule has 3 rings (SSSR count). The van der Waals surface area contributed by atoms with Crippen LogP contribution in [0.4, 0.5) is 5.69 Å². The van der Waals surface area contributed by atoms with Gasteiger partial charge in [-0.05, 0) is 56.6 Å². The maximum absolute atomic E-state index is 5.61. The van der Waals surface area contributed by atoms with Crippen molar-refractivity contribution >= 4 is 5.69 Å². The molecule has 3 heteroatoms. The first-order chi connectivity index (χ1) is 9.24. The lowest BCUT2D eigenvalue weighted by Crippen LogP contribution is -2.54. The van der Waals surface area contributed by atoms with E-state index < -0.39 is 0 Å². The van der Waals surface area contributed by atoms with Gasteiger partial charge in [-0.3, -0.25) is 0 Å². The molecule has 0 radical (unpaired) electrons. The maximum Gasteiger partial charge on any atom is 0.0588 e. The van der Waals surface area contributed by atoms with E-state index in [2.05, 4.69) is 41.5 Å². The first-order valence-corrected chi connectivity index (χ1v) is 7.29. The van der Waals surface area contributed by atoms with Gasteiger partial charge in [0.2, 0.25) is 0 Å². The highest BCUT2D eigenvalue weighted by molar-refractivity contribution is 5.48. The van der Waals surface area contributed by atoms with E-state index in [1.54, 1.807) is 0 Å². The fourth-order valence-electron chi connectivity index (χ4n) is 3.51. The molecule has 1 aromatic carbocycles. The van der Waals surface area contributed by atoms with Gasteiger partial charge in [0.1, 0.15) is 0 Å². The highest BCUT2D eigenvalue weighted by Gasteiger charge is 2.47. The number of anilines is 1. The first kappa shape index (κ1) is 12.9. The topological polar surface area (TPSA) is 24.5 Å². The molecule has 0 amide bonds. The smallest absolute Gasteiger partial charge is 0.0588 e. The van der Waals surface area contributed by atoms with Crippen molar-refractivity contribution in [1.29, 1.82) is 0 Å². The molecule has 2 saturated heterocycles. The molecule has 2 heterocycles. The van der Waals surface area contributed by atoms with Crippen molar-refractivity contribution in [2.75, 3.05) is 45.7 Å². The van der Waals surface area contributed by atoms with E-state index in [1.165, 1.54) is 37.2 Å². The van der Waals surface area contributed by atoms with Gasteiger partial charge in [-0.25, -0.2) is 0 Å². The van der Waals surface area contributed by atoms with Gasteiger partial charge < -0.3 is 15.0 Å². The number of nitrogens with zero attached hydrogens (tertiary/aromatic N) is 1. The SMILES string of the molecule is CNc1cccc(C2(C3CCN(C)CC3)COC2)c1. The van der Waals surface area contributed by atoms with Gasteiger partial charge in [-0.15, -0.1) is 0 Å². The minimum atomic E-state index is 0.272. The second-order valence-corrected chi connectivity index (χ2v) is 6.06. The summed E-state index contributed by atoms with van der Waals surface area (Å²) in [4.78, 5) is 2.44. The van der Waals surface area contributed by atoms with E-state index in [9.17, 15) is 0 Å². The molecule has 0 spiro atoms. The summed E-state index contributed by atoms with van der Waals surface area (Å²) in [5, 5.41) is 3.25. The van der Waals surface area contributed by atoms with Crippen molar-refractivity contribution in [1.82, 2.24) is 4.90 Å². The minimum absolute atomic E-state index is 0.272. The van der Waals surface area contributed by atoms with Crippen molar-refractivity contribution in [3.63, 3.8) is 0 Å². The Morgan fingerprint density at radius 3 is 2.58 bits per heavy atom. The van der Waals surface area contributed by atoms with Crippen LogP contribution in [-0.2, 0) is 10.2 Å². The predicted molar refractivity (Wildman–Crippen MR) is 78.7 cm³/mol. The molecular formula is C16H24N2O. The zero-order valence-corrected chi connectivity index (χ0v) is 12.0. The summed E-state index contributed by atoms with van der Waals surface area (Å²) < 4.78 is 5.61. The molecule has 0 aromatic heterocycles. The summed E-state index contributed by atoms with van der Waals surface area (Å²) in [6, 6.07) is 8.88. The lowest BCUT2D eigenvalue weighted by atomic mass is 9.65. The third kappa shape index (κ3) is 2.26. The number of hydrogen-bond donors (Lipinski definition) is 1. The van der Waals surface area contributed by atoms with Gasteiger partial charge in [0.15, 0.2) is 0 Å². The monoisotopic (exact) mass is 260 g/mol. The minimum Gasteiger partial charge on any atom is -0.388 e.